The minimum absolute atomic E-state index is 0.208. The van der Waals surface area contributed by atoms with Crippen molar-refractivity contribution in [2.45, 2.75) is 62.4 Å². The van der Waals surface area contributed by atoms with Crippen LogP contribution in [0.25, 0.3) is 22.8 Å². The Kier molecular flexibility index (Phi) is 16.7. The molecule has 0 amide bonds. The van der Waals surface area contributed by atoms with E-state index >= 15 is 0 Å². The zero-order valence-corrected chi connectivity index (χ0v) is 42.0. The first-order valence-electron chi connectivity index (χ1n) is 21.6. The normalized spacial score (nSPS) is 12.0. The smallest absolute Gasteiger partial charge is 0.294 e. The second-order valence-electron chi connectivity index (χ2n) is 14.7. The fourth-order valence-corrected chi connectivity index (χ4v) is 9.61. The number of unbranched alkanes of at least 4 members (excludes halogenated alkanes) is 1. The molecule has 4 aromatic carbocycles. The molecule has 26 heteroatoms. The van der Waals surface area contributed by atoms with E-state index in [1.807, 2.05) is 36.4 Å². The Morgan fingerprint density at radius 1 is 0.580 bits per heavy atom. The summed E-state index contributed by atoms with van der Waals surface area (Å²) in [5, 5.41) is 25.5. The summed E-state index contributed by atoms with van der Waals surface area (Å²) in [4.78, 5) is 27.1. The second kappa shape index (κ2) is 22.8. The topological polar surface area (TPSA) is 279 Å². The number of thioether (sulfide) groups is 1. The molecule has 3 heterocycles. The first-order chi connectivity index (χ1) is 33.2. The van der Waals surface area contributed by atoms with Crippen LogP contribution in [-0.4, -0.2) is 91.5 Å². The summed E-state index contributed by atoms with van der Waals surface area (Å²) >= 11 is 3.43. The van der Waals surface area contributed by atoms with Crippen LogP contribution in [0.2, 0.25) is 0 Å². The van der Waals surface area contributed by atoms with Crippen molar-refractivity contribution in [3.8, 4) is 22.8 Å². The van der Waals surface area contributed by atoms with Gasteiger partial charge in [0, 0.05) is 77.5 Å². The van der Waals surface area contributed by atoms with E-state index in [-0.39, 0.29) is 43.6 Å². The number of rotatable bonds is 22. The minimum atomic E-state index is -4.43. The van der Waals surface area contributed by atoms with Crippen molar-refractivity contribution in [2.24, 2.45) is 20.5 Å². The minimum Gasteiger partial charge on any atom is -0.372 e. The molecule has 0 saturated heterocycles. The molecule has 0 aliphatic carbocycles. The number of nitrogens with zero attached hydrogens (tertiary/aromatic N) is 13. The molecule has 0 aliphatic heterocycles. The first-order valence-corrected chi connectivity index (χ1v) is 27.0. The van der Waals surface area contributed by atoms with Crippen LogP contribution in [0.15, 0.2) is 120 Å². The number of aromatic nitrogens is 7. The molecule has 0 atom stereocenters. The SMILES string of the molecule is CCCCSc1nc(Nc2cc(N(CC)CC)ccc2N=Nc2nc(-c3cccc(S(=O)(=O)O)c3)ns2)nc(Nc2cc(N(CC)CC)ccc2N=Nc2nc(-c3cccc(S(=O)(=O)O)c3)ns2)n1. The van der Waals surface area contributed by atoms with E-state index < -0.39 is 20.2 Å². The van der Waals surface area contributed by atoms with Gasteiger partial charge >= 0.3 is 0 Å². The molecular formula is C43H47N15O6S5. The number of anilines is 6. The molecule has 69 heavy (non-hydrogen) atoms. The third-order valence-electron chi connectivity index (χ3n) is 10.2. The third-order valence-corrected chi connectivity index (χ3v) is 14.0. The van der Waals surface area contributed by atoms with Crippen molar-refractivity contribution in [3.05, 3.63) is 84.9 Å². The number of hydrogen-bond acceptors (Lipinski definition) is 22. The van der Waals surface area contributed by atoms with Gasteiger partial charge in [-0.05, 0) is 94.8 Å². The van der Waals surface area contributed by atoms with Crippen molar-refractivity contribution in [3.63, 3.8) is 0 Å². The summed E-state index contributed by atoms with van der Waals surface area (Å²) in [5.41, 5.74) is 4.54. The van der Waals surface area contributed by atoms with Gasteiger partial charge in [-0.15, -0.1) is 20.5 Å². The van der Waals surface area contributed by atoms with Crippen molar-refractivity contribution < 1.29 is 25.9 Å². The van der Waals surface area contributed by atoms with E-state index in [0.717, 1.165) is 79.2 Å². The molecular weight excluding hydrogens is 983 g/mol. The Hall–Kier alpha value is -6.42. The lowest BCUT2D eigenvalue weighted by atomic mass is 10.2. The number of hydrogen-bond donors (Lipinski definition) is 4. The highest BCUT2D eigenvalue weighted by atomic mass is 32.2. The summed E-state index contributed by atoms with van der Waals surface area (Å²) in [5.74, 6) is 1.65. The highest BCUT2D eigenvalue weighted by molar-refractivity contribution is 7.99. The predicted octanol–water partition coefficient (Wildman–Crippen LogP) is 11.3. The summed E-state index contributed by atoms with van der Waals surface area (Å²) < 4.78 is 74.8. The van der Waals surface area contributed by atoms with Gasteiger partial charge in [0.25, 0.3) is 20.2 Å². The monoisotopic (exact) mass is 1030 g/mol. The van der Waals surface area contributed by atoms with Crippen molar-refractivity contribution in [2.75, 3.05) is 52.4 Å². The molecule has 3 aromatic heterocycles. The van der Waals surface area contributed by atoms with Gasteiger partial charge in [-0.2, -0.15) is 50.5 Å². The maximum atomic E-state index is 11.8. The summed E-state index contributed by atoms with van der Waals surface area (Å²) in [7, 11) is -8.86. The molecule has 0 bridgehead atoms. The largest absolute Gasteiger partial charge is 0.372 e. The molecule has 0 saturated carbocycles. The van der Waals surface area contributed by atoms with Gasteiger partial charge in [-0.1, -0.05) is 49.4 Å². The van der Waals surface area contributed by atoms with Gasteiger partial charge in [-0.3, -0.25) is 9.11 Å². The highest BCUT2D eigenvalue weighted by Gasteiger charge is 2.18. The van der Waals surface area contributed by atoms with Gasteiger partial charge in [0.1, 0.15) is 11.4 Å². The standard InChI is InChI=1S/C43H47N15O6S5/c1-6-11-22-65-41-49-39(44-35-25-29(57(7-2)8-3)18-20-33(35)51-53-42-46-37(55-66-42)27-14-12-16-31(23-27)68(59,60)61)48-40(50-41)45-36-26-30(58(9-4)10-5)19-21-34(36)52-54-43-47-38(56-67-43)28-15-13-17-32(24-28)69(62,63)64/h12-21,23-26H,6-11,22H2,1-5H3,(H,59,60,61)(H,62,63,64)(H2,44,45,48,49,50). The van der Waals surface area contributed by atoms with Crippen LogP contribution in [0.1, 0.15) is 47.5 Å². The Balaban J connectivity index is 1.23. The van der Waals surface area contributed by atoms with E-state index in [2.05, 4.69) is 94.2 Å². The number of azo groups is 2. The van der Waals surface area contributed by atoms with Crippen molar-refractivity contribution >= 4 is 111 Å². The first kappa shape index (κ1) is 50.5. The molecule has 21 nitrogen and oxygen atoms in total. The van der Waals surface area contributed by atoms with Gasteiger partial charge in [0.2, 0.25) is 22.2 Å². The Labute approximate surface area is 411 Å². The van der Waals surface area contributed by atoms with E-state index in [1.165, 1.54) is 48.2 Å². The molecule has 0 unspecified atom stereocenters. The maximum Gasteiger partial charge on any atom is 0.294 e. The van der Waals surface area contributed by atoms with Gasteiger partial charge < -0.3 is 20.4 Å². The third kappa shape index (κ3) is 13.2. The Bertz CT molecular complexity index is 2990. The number of benzene rings is 4. The maximum absolute atomic E-state index is 11.8. The summed E-state index contributed by atoms with van der Waals surface area (Å²) in [6, 6.07) is 22.7. The van der Waals surface area contributed by atoms with Crippen LogP contribution in [-0.2, 0) is 20.2 Å². The highest BCUT2D eigenvalue weighted by Crippen LogP contribution is 2.37. The molecule has 0 fully saturated rings. The van der Waals surface area contributed by atoms with Gasteiger partial charge in [0.15, 0.2) is 16.8 Å². The Morgan fingerprint density at radius 3 is 1.43 bits per heavy atom. The zero-order chi connectivity index (χ0) is 49.1. The second-order valence-corrected chi connectivity index (χ2v) is 20.0. The van der Waals surface area contributed by atoms with E-state index in [4.69, 9.17) is 15.0 Å². The zero-order valence-electron chi connectivity index (χ0n) is 37.9. The molecule has 0 radical (unpaired) electrons. The van der Waals surface area contributed by atoms with Crippen LogP contribution in [0.3, 0.4) is 0 Å². The lowest BCUT2D eigenvalue weighted by molar-refractivity contribution is 0.481. The fraction of sp³-hybridized carbons (Fsp3) is 0.279. The summed E-state index contributed by atoms with van der Waals surface area (Å²) in [6.45, 7) is 13.4. The average molecular weight is 1030 g/mol. The van der Waals surface area contributed by atoms with Crippen LogP contribution >= 0.6 is 34.8 Å². The van der Waals surface area contributed by atoms with Crippen LogP contribution in [0.5, 0.6) is 0 Å². The summed E-state index contributed by atoms with van der Waals surface area (Å²) in [6.07, 6.45) is 1.92. The van der Waals surface area contributed by atoms with E-state index in [0.29, 0.717) is 39.0 Å². The van der Waals surface area contributed by atoms with Gasteiger partial charge in [-0.25, -0.2) is 0 Å². The quantitative estimate of drug-likeness (QED) is 0.0212. The van der Waals surface area contributed by atoms with Crippen LogP contribution in [0, 0.1) is 0 Å². The lowest BCUT2D eigenvalue weighted by Gasteiger charge is -2.22. The molecule has 7 rings (SSSR count). The lowest BCUT2D eigenvalue weighted by Crippen LogP contribution is -2.21. The average Bonchev–Trinajstić information content (AvgIpc) is 4.02. The molecule has 7 aromatic rings. The molecule has 0 spiro atoms. The fourth-order valence-electron chi connectivity index (χ4n) is 6.61. The van der Waals surface area contributed by atoms with E-state index in [1.54, 1.807) is 12.1 Å². The molecule has 0 aliphatic rings. The van der Waals surface area contributed by atoms with Crippen molar-refractivity contribution in [1.82, 2.24) is 33.7 Å². The van der Waals surface area contributed by atoms with Gasteiger partial charge in [0.05, 0.1) is 21.2 Å². The predicted molar refractivity (Wildman–Crippen MR) is 271 cm³/mol. The van der Waals surface area contributed by atoms with E-state index in [9.17, 15) is 25.9 Å². The molecule has 360 valence electrons. The molecule has 4 N–H and O–H groups in total. The number of nitrogens with one attached hydrogen (secondary N) is 2. The van der Waals surface area contributed by atoms with Crippen LogP contribution in [0.4, 0.5) is 56.3 Å². The Morgan fingerprint density at radius 2 is 1.03 bits per heavy atom. The van der Waals surface area contributed by atoms with Crippen molar-refractivity contribution in [1.29, 1.82) is 0 Å². The van der Waals surface area contributed by atoms with Crippen LogP contribution < -0.4 is 20.4 Å².